The van der Waals surface area contributed by atoms with Crippen molar-refractivity contribution in [2.24, 2.45) is 0 Å². The highest BCUT2D eigenvalue weighted by Gasteiger charge is 2.24. The maximum atomic E-state index is 2.33. The molecule has 4 nitrogen and oxygen atoms in total. The van der Waals surface area contributed by atoms with Crippen LogP contribution in [0.25, 0.3) is 0 Å². The summed E-state index contributed by atoms with van der Waals surface area (Å²) in [6.45, 7) is 16.1. The van der Waals surface area contributed by atoms with Crippen LogP contribution in [0.4, 0.5) is 0 Å². The molecule has 0 atom stereocenters. The van der Waals surface area contributed by atoms with Gasteiger partial charge in [0.2, 0.25) is 0 Å². The van der Waals surface area contributed by atoms with Crippen molar-refractivity contribution in [3.63, 3.8) is 0 Å². The highest BCUT2D eigenvalue weighted by Crippen LogP contribution is 2.16. The number of nitrogens with zero attached hydrogens (tertiary/aromatic N) is 2. The predicted octanol–water partition coefficient (Wildman–Crippen LogP) is 6.54. The second-order valence-electron chi connectivity index (χ2n) is 9.58. The minimum atomic E-state index is 0. The lowest BCUT2D eigenvalue weighted by molar-refractivity contribution is -0.929. The van der Waals surface area contributed by atoms with E-state index in [0.717, 1.165) is 11.0 Å². The van der Waals surface area contributed by atoms with Crippen molar-refractivity contribution >= 4 is 0 Å². The molecular formula is C26H54N2O2. The van der Waals surface area contributed by atoms with Crippen LogP contribution in [0.15, 0.2) is 30.3 Å². The average molecular weight is 427 g/mol. The van der Waals surface area contributed by atoms with Crippen molar-refractivity contribution in [1.29, 1.82) is 0 Å². The molecule has 0 aliphatic heterocycles. The van der Waals surface area contributed by atoms with E-state index in [1.165, 1.54) is 87.6 Å². The van der Waals surface area contributed by atoms with Gasteiger partial charge in [-0.25, -0.2) is 0 Å². The Kier molecular flexibility index (Phi) is 22.5. The average Bonchev–Trinajstić information content (AvgIpc) is 2.67. The predicted molar refractivity (Wildman–Crippen MR) is 131 cm³/mol. The zero-order valence-corrected chi connectivity index (χ0v) is 21.4. The molecule has 0 aliphatic rings. The monoisotopic (exact) mass is 426 g/mol. The molecule has 0 unspecified atom stereocenters. The summed E-state index contributed by atoms with van der Waals surface area (Å²) in [4.78, 5) is 0. The molecule has 0 saturated heterocycles. The standard InChI is InChI=1S/C16H36N.C10H16N.2H2O/c1-5-9-13-17(14-10-6-2,15-11-7-3)16-12-8-4;1-11(2,3)9-10-7-5-4-6-8-10;;/h5-16H2,1-4H3;4-8H,9H2,1-3H3;2*1H2/q2*+1;;/p-2. The fourth-order valence-electron chi connectivity index (χ4n) is 3.78. The summed E-state index contributed by atoms with van der Waals surface area (Å²) >= 11 is 0. The van der Waals surface area contributed by atoms with E-state index in [0.29, 0.717) is 0 Å². The lowest BCUT2D eigenvalue weighted by Crippen LogP contribution is -2.50. The summed E-state index contributed by atoms with van der Waals surface area (Å²) < 4.78 is 2.41. The molecule has 2 N–H and O–H groups in total. The molecule has 1 aromatic rings. The topological polar surface area (TPSA) is 60.0 Å². The maximum absolute atomic E-state index is 2.33. The van der Waals surface area contributed by atoms with Crippen molar-refractivity contribution in [3.8, 4) is 0 Å². The smallest absolute Gasteiger partial charge is 0.104 e. The summed E-state index contributed by atoms with van der Waals surface area (Å²) in [5.74, 6) is 0. The van der Waals surface area contributed by atoms with Crippen molar-refractivity contribution in [3.05, 3.63) is 35.9 Å². The van der Waals surface area contributed by atoms with E-state index in [1.54, 1.807) is 0 Å². The molecule has 1 rings (SSSR count). The molecule has 0 aliphatic carbocycles. The van der Waals surface area contributed by atoms with Crippen LogP contribution in [0.3, 0.4) is 0 Å². The number of benzene rings is 1. The van der Waals surface area contributed by atoms with Gasteiger partial charge in [0, 0.05) is 5.56 Å². The number of hydrogen-bond acceptors (Lipinski definition) is 2. The van der Waals surface area contributed by atoms with Crippen LogP contribution < -0.4 is 0 Å². The third-order valence-corrected chi connectivity index (χ3v) is 5.44. The molecule has 1 aromatic carbocycles. The van der Waals surface area contributed by atoms with E-state index >= 15 is 0 Å². The van der Waals surface area contributed by atoms with Crippen LogP contribution >= 0.6 is 0 Å². The molecule has 0 heterocycles. The Balaban J connectivity index is -0.000000489. The highest BCUT2D eigenvalue weighted by molar-refractivity contribution is 5.13. The van der Waals surface area contributed by atoms with Gasteiger partial charge in [-0.2, -0.15) is 0 Å². The lowest BCUT2D eigenvalue weighted by atomic mass is 10.1. The van der Waals surface area contributed by atoms with Gasteiger partial charge >= 0.3 is 0 Å². The van der Waals surface area contributed by atoms with Gasteiger partial charge < -0.3 is 19.9 Å². The van der Waals surface area contributed by atoms with Gasteiger partial charge in [-0.1, -0.05) is 83.7 Å². The first-order valence-corrected chi connectivity index (χ1v) is 12.0. The third-order valence-electron chi connectivity index (χ3n) is 5.44. The normalized spacial score (nSPS) is 11.0. The van der Waals surface area contributed by atoms with Crippen LogP contribution in [0.1, 0.15) is 84.6 Å². The Morgan fingerprint density at radius 3 is 1.17 bits per heavy atom. The second-order valence-corrected chi connectivity index (χ2v) is 9.58. The number of quaternary nitrogens is 2. The Bertz CT molecular complexity index is 420. The van der Waals surface area contributed by atoms with Gasteiger partial charge in [0.05, 0.1) is 47.3 Å². The molecule has 0 spiro atoms. The summed E-state index contributed by atoms with van der Waals surface area (Å²) in [5.41, 5.74) is 1.40. The second kappa shape index (κ2) is 20.0. The molecule has 0 radical (unpaired) electrons. The van der Waals surface area contributed by atoms with E-state index in [4.69, 9.17) is 0 Å². The fourth-order valence-corrected chi connectivity index (χ4v) is 3.78. The van der Waals surface area contributed by atoms with Crippen molar-refractivity contribution in [2.45, 2.75) is 85.6 Å². The van der Waals surface area contributed by atoms with E-state index in [1.807, 2.05) is 0 Å². The Morgan fingerprint density at radius 1 is 0.567 bits per heavy atom. The first-order chi connectivity index (χ1) is 13.3. The van der Waals surface area contributed by atoms with Crippen molar-refractivity contribution in [2.75, 3.05) is 47.3 Å². The lowest BCUT2D eigenvalue weighted by Gasteiger charge is -2.39. The Labute approximate surface area is 189 Å². The van der Waals surface area contributed by atoms with Gasteiger partial charge in [0.25, 0.3) is 0 Å². The van der Waals surface area contributed by atoms with Crippen LogP contribution in [0, 0.1) is 0 Å². The zero-order chi connectivity index (χ0) is 21.3. The highest BCUT2D eigenvalue weighted by atomic mass is 16.0. The number of hydrogen-bond donors (Lipinski definition) is 0. The summed E-state index contributed by atoms with van der Waals surface area (Å²) in [6, 6.07) is 10.6. The van der Waals surface area contributed by atoms with Crippen LogP contribution in [0.5, 0.6) is 0 Å². The molecular weight excluding hydrogens is 372 g/mol. The van der Waals surface area contributed by atoms with Crippen LogP contribution in [-0.2, 0) is 6.54 Å². The molecule has 0 amide bonds. The fraction of sp³-hybridized carbons (Fsp3) is 0.769. The molecule has 0 aromatic heterocycles. The van der Waals surface area contributed by atoms with Gasteiger partial charge in [-0.05, 0) is 25.7 Å². The summed E-state index contributed by atoms with van der Waals surface area (Å²) in [5, 5.41) is 0. The molecule has 0 saturated carbocycles. The van der Waals surface area contributed by atoms with Gasteiger partial charge in [0.15, 0.2) is 0 Å². The SMILES string of the molecule is CCCC[N+](CCCC)(CCCC)CCCC.C[N+](C)(C)Cc1ccccc1.[OH-].[OH-]. The minimum absolute atomic E-state index is 0. The quantitative estimate of drug-likeness (QED) is 0.317. The molecule has 30 heavy (non-hydrogen) atoms. The van der Waals surface area contributed by atoms with Gasteiger partial charge in [-0.15, -0.1) is 0 Å². The molecule has 0 bridgehead atoms. The first-order valence-electron chi connectivity index (χ1n) is 12.0. The van der Waals surface area contributed by atoms with Gasteiger partial charge in [0.1, 0.15) is 6.54 Å². The van der Waals surface area contributed by atoms with E-state index in [9.17, 15) is 0 Å². The van der Waals surface area contributed by atoms with E-state index < -0.39 is 0 Å². The first kappa shape index (κ1) is 33.7. The van der Waals surface area contributed by atoms with Crippen molar-refractivity contribution in [1.82, 2.24) is 0 Å². The zero-order valence-electron chi connectivity index (χ0n) is 21.4. The molecule has 4 heteroatoms. The van der Waals surface area contributed by atoms with Crippen molar-refractivity contribution < 1.29 is 19.9 Å². The van der Waals surface area contributed by atoms with Crippen LogP contribution in [0.2, 0.25) is 0 Å². The van der Waals surface area contributed by atoms with Gasteiger partial charge in [-0.3, -0.25) is 0 Å². The summed E-state index contributed by atoms with van der Waals surface area (Å²) in [6.07, 6.45) is 11.1. The van der Waals surface area contributed by atoms with E-state index in [2.05, 4.69) is 79.2 Å². The number of unbranched alkanes of at least 4 members (excludes halogenated alkanes) is 4. The maximum Gasteiger partial charge on any atom is 0.104 e. The summed E-state index contributed by atoms with van der Waals surface area (Å²) in [7, 11) is 6.60. The largest absolute Gasteiger partial charge is 0.870 e. The van der Waals surface area contributed by atoms with Crippen LogP contribution in [-0.4, -0.2) is 67.2 Å². The molecule has 180 valence electrons. The molecule has 0 fully saturated rings. The number of rotatable bonds is 14. The minimum Gasteiger partial charge on any atom is -0.870 e. The Hall–Kier alpha value is -0.940. The Morgan fingerprint density at radius 2 is 0.900 bits per heavy atom. The third kappa shape index (κ3) is 17.9. The van der Waals surface area contributed by atoms with E-state index in [-0.39, 0.29) is 11.0 Å².